The summed E-state index contributed by atoms with van der Waals surface area (Å²) in [6, 6.07) is 5.55. The van der Waals surface area contributed by atoms with Crippen molar-refractivity contribution in [3.63, 3.8) is 0 Å². The van der Waals surface area contributed by atoms with Gasteiger partial charge in [-0.2, -0.15) is 0 Å². The first kappa shape index (κ1) is 10.8. The van der Waals surface area contributed by atoms with Crippen molar-refractivity contribution in [1.82, 2.24) is 5.32 Å². The van der Waals surface area contributed by atoms with Crippen molar-refractivity contribution in [2.24, 2.45) is 0 Å². The topological polar surface area (TPSA) is 64.3 Å². The van der Waals surface area contributed by atoms with Crippen molar-refractivity contribution in [1.29, 1.82) is 0 Å². The molecule has 1 fully saturated rings. The number of carbonyl (C=O) groups excluding carboxylic acids is 1. The molecular weight excluding hydrogens is 204 g/mol. The summed E-state index contributed by atoms with van der Waals surface area (Å²) in [4.78, 5) is 11.9. The molecular formula is C12H16N2O2. The smallest absolute Gasteiger partial charge is 0.253 e. The Hall–Kier alpha value is -1.71. The van der Waals surface area contributed by atoms with Crippen molar-refractivity contribution in [3.8, 4) is 5.75 Å². The van der Waals surface area contributed by atoms with E-state index >= 15 is 0 Å². The summed E-state index contributed by atoms with van der Waals surface area (Å²) >= 11 is 0. The van der Waals surface area contributed by atoms with E-state index in [1.165, 1.54) is 6.42 Å². The van der Waals surface area contributed by atoms with E-state index in [-0.39, 0.29) is 5.91 Å². The molecule has 4 nitrogen and oxygen atoms in total. The summed E-state index contributed by atoms with van der Waals surface area (Å²) in [5.74, 6) is 0.433. The van der Waals surface area contributed by atoms with Gasteiger partial charge in [0, 0.05) is 6.04 Å². The molecule has 0 saturated heterocycles. The number of nitrogens with one attached hydrogen (secondary N) is 1. The molecule has 1 aromatic carbocycles. The lowest BCUT2D eigenvalue weighted by atomic mass is 9.93. The zero-order valence-electron chi connectivity index (χ0n) is 9.32. The average molecular weight is 220 g/mol. The second-order valence-electron chi connectivity index (χ2n) is 4.02. The van der Waals surface area contributed by atoms with Crippen molar-refractivity contribution >= 4 is 11.6 Å². The summed E-state index contributed by atoms with van der Waals surface area (Å²) in [6.45, 7) is 0. The molecule has 4 heteroatoms. The van der Waals surface area contributed by atoms with E-state index in [1.807, 2.05) is 0 Å². The zero-order valence-corrected chi connectivity index (χ0v) is 9.32. The lowest BCUT2D eigenvalue weighted by Gasteiger charge is -2.26. The van der Waals surface area contributed by atoms with Crippen LogP contribution in [0.3, 0.4) is 0 Å². The van der Waals surface area contributed by atoms with Gasteiger partial charge in [0.05, 0.1) is 18.4 Å². The second kappa shape index (κ2) is 4.43. The van der Waals surface area contributed by atoms with Gasteiger partial charge in [-0.25, -0.2) is 0 Å². The fraction of sp³-hybridized carbons (Fsp3) is 0.417. The van der Waals surface area contributed by atoms with Crippen molar-refractivity contribution in [2.45, 2.75) is 25.3 Å². The molecule has 0 radical (unpaired) electrons. The van der Waals surface area contributed by atoms with Crippen LogP contribution in [0, 0.1) is 0 Å². The van der Waals surface area contributed by atoms with Crippen LogP contribution in [0.4, 0.5) is 5.69 Å². The number of para-hydroxylation sites is 1. The highest BCUT2D eigenvalue weighted by atomic mass is 16.5. The van der Waals surface area contributed by atoms with Crippen LogP contribution in [0.1, 0.15) is 29.6 Å². The van der Waals surface area contributed by atoms with E-state index in [1.54, 1.807) is 25.3 Å². The summed E-state index contributed by atoms with van der Waals surface area (Å²) in [5.41, 5.74) is 6.74. The Bertz CT molecular complexity index is 400. The number of hydrogen-bond donors (Lipinski definition) is 2. The fourth-order valence-corrected chi connectivity index (χ4v) is 1.74. The molecule has 1 aliphatic rings. The number of carbonyl (C=O) groups is 1. The SMILES string of the molecule is COc1cccc(C(=O)NC2CCC2)c1N. The Morgan fingerprint density at radius 3 is 2.81 bits per heavy atom. The van der Waals surface area contributed by atoms with E-state index < -0.39 is 0 Å². The van der Waals surface area contributed by atoms with E-state index in [9.17, 15) is 4.79 Å². The Kier molecular flexibility index (Phi) is 2.99. The van der Waals surface area contributed by atoms with Crippen LogP contribution in [0.5, 0.6) is 5.75 Å². The van der Waals surface area contributed by atoms with Gasteiger partial charge >= 0.3 is 0 Å². The van der Waals surface area contributed by atoms with Gasteiger partial charge in [0.2, 0.25) is 0 Å². The average Bonchev–Trinajstić information content (AvgIpc) is 2.23. The summed E-state index contributed by atoms with van der Waals surface area (Å²) in [6.07, 6.45) is 3.32. The van der Waals surface area contributed by atoms with Crippen LogP contribution < -0.4 is 15.8 Å². The lowest BCUT2D eigenvalue weighted by molar-refractivity contribution is 0.0917. The summed E-state index contributed by atoms with van der Waals surface area (Å²) < 4.78 is 5.08. The van der Waals surface area contributed by atoms with Crippen LogP contribution in [-0.4, -0.2) is 19.1 Å². The maximum absolute atomic E-state index is 11.9. The van der Waals surface area contributed by atoms with Crippen molar-refractivity contribution < 1.29 is 9.53 Å². The predicted molar refractivity (Wildman–Crippen MR) is 62.5 cm³/mol. The number of benzene rings is 1. The van der Waals surface area contributed by atoms with Crippen LogP contribution in [0.15, 0.2) is 18.2 Å². The maximum Gasteiger partial charge on any atom is 0.253 e. The molecule has 0 unspecified atom stereocenters. The largest absolute Gasteiger partial charge is 0.495 e. The number of methoxy groups -OCH3 is 1. The molecule has 0 bridgehead atoms. The van der Waals surface area contributed by atoms with Gasteiger partial charge in [-0.3, -0.25) is 4.79 Å². The van der Waals surface area contributed by atoms with E-state index in [4.69, 9.17) is 10.5 Å². The minimum atomic E-state index is -0.110. The molecule has 0 aliphatic heterocycles. The Morgan fingerprint density at radius 2 is 2.25 bits per heavy atom. The minimum Gasteiger partial charge on any atom is -0.495 e. The Balaban J connectivity index is 2.15. The molecule has 1 amide bonds. The number of hydrogen-bond acceptors (Lipinski definition) is 3. The molecule has 1 aliphatic carbocycles. The summed E-state index contributed by atoms with van der Waals surface area (Å²) in [7, 11) is 1.54. The van der Waals surface area contributed by atoms with Gasteiger partial charge in [-0.15, -0.1) is 0 Å². The Labute approximate surface area is 94.8 Å². The van der Waals surface area contributed by atoms with Gasteiger partial charge in [-0.05, 0) is 31.4 Å². The van der Waals surface area contributed by atoms with Crippen LogP contribution >= 0.6 is 0 Å². The molecule has 1 aromatic rings. The quantitative estimate of drug-likeness (QED) is 0.760. The second-order valence-corrected chi connectivity index (χ2v) is 4.02. The van der Waals surface area contributed by atoms with Gasteiger partial charge in [0.25, 0.3) is 5.91 Å². The van der Waals surface area contributed by atoms with Crippen LogP contribution in [0.2, 0.25) is 0 Å². The first-order chi connectivity index (χ1) is 7.72. The zero-order chi connectivity index (χ0) is 11.5. The third kappa shape index (κ3) is 1.96. The molecule has 0 spiro atoms. The third-order valence-electron chi connectivity index (χ3n) is 2.97. The fourth-order valence-electron chi connectivity index (χ4n) is 1.74. The number of anilines is 1. The number of ether oxygens (including phenoxy) is 1. The van der Waals surface area contributed by atoms with Crippen LogP contribution in [0.25, 0.3) is 0 Å². The monoisotopic (exact) mass is 220 g/mol. The van der Waals surface area contributed by atoms with Gasteiger partial charge in [-0.1, -0.05) is 6.07 Å². The highest BCUT2D eigenvalue weighted by molar-refractivity contribution is 6.00. The number of amides is 1. The standard InChI is InChI=1S/C12H16N2O2/c1-16-10-7-3-6-9(11(10)13)12(15)14-8-4-2-5-8/h3,6-8H,2,4-5,13H2,1H3,(H,14,15). The highest BCUT2D eigenvalue weighted by Gasteiger charge is 2.21. The highest BCUT2D eigenvalue weighted by Crippen LogP contribution is 2.25. The number of nitrogens with two attached hydrogens (primary N) is 1. The molecule has 3 N–H and O–H groups in total. The normalized spacial score (nSPS) is 15.3. The molecule has 16 heavy (non-hydrogen) atoms. The van der Waals surface area contributed by atoms with E-state index in [0.717, 1.165) is 12.8 Å². The maximum atomic E-state index is 11.9. The third-order valence-corrected chi connectivity index (χ3v) is 2.97. The molecule has 0 aromatic heterocycles. The van der Waals surface area contributed by atoms with Gasteiger partial charge in [0.1, 0.15) is 5.75 Å². The molecule has 0 heterocycles. The Morgan fingerprint density at radius 1 is 1.50 bits per heavy atom. The van der Waals surface area contributed by atoms with E-state index in [0.29, 0.717) is 23.0 Å². The van der Waals surface area contributed by atoms with E-state index in [2.05, 4.69) is 5.32 Å². The molecule has 2 rings (SSSR count). The predicted octanol–water partition coefficient (Wildman–Crippen LogP) is 1.56. The summed E-state index contributed by atoms with van der Waals surface area (Å²) in [5, 5.41) is 2.95. The van der Waals surface area contributed by atoms with Crippen molar-refractivity contribution in [3.05, 3.63) is 23.8 Å². The van der Waals surface area contributed by atoms with Gasteiger partial charge < -0.3 is 15.8 Å². The lowest BCUT2D eigenvalue weighted by Crippen LogP contribution is -2.39. The van der Waals surface area contributed by atoms with Gasteiger partial charge in [0.15, 0.2) is 0 Å². The minimum absolute atomic E-state index is 0.110. The molecule has 86 valence electrons. The number of nitrogen functional groups attached to an aromatic ring is 1. The first-order valence-corrected chi connectivity index (χ1v) is 5.45. The van der Waals surface area contributed by atoms with Crippen molar-refractivity contribution in [2.75, 3.05) is 12.8 Å². The van der Waals surface area contributed by atoms with Crippen LogP contribution in [-0.2, 0) is 0 Å². The molecule has 1 saturated carbocycles. The number of rotatable bonds is 3. The molecule has 0 atom stereocenters. The first-order valence-electron chi connectivity index (χ1n) is 5.45.